The van der Waals surface area contributed by atoms with Crippen molar-refractivity contribution in [3.8, 4) is 5.75 Å². The Balaban J connectivity index is 1.94. The van der Waals surface area contributed by atoms with Crippen LogP contribution in [0, 0.1) is 6.92 Å². The van der Waals surface area contributed by atoms with E-state index in [-0.39, 0.29) is 4.90 Å². The Morgan fingerprint density at radius 3 is 2.50 bits per heavy atom. The second kappa shape index (κ2) is 7.80. The lowest BCUT2D eigenvalue weighted by Crippen LogP contribution is -2.40. The number of furan rings is 1. The molecule has 0 saturated carbocycles. The Morgan fingerprint density at radius 1 is 1.21 bits per heavy atom. The van der Waals surface area contributed by atoms with Gasteiger partial charge in [-0.2, -0.15) is 0 Å². The summed E-state index contributed by atoms with van der Waals surface area (Å²) in [6.45, 7) is 4.10. The first kappa shape index (κ1) is 17.8. The van der Waals surface area contributed by atoms with Crippen LogP contribution in [0.25, 0.3) is 6.08 Å². The first-order valence-corrected chi connectivity index (χ1v) is 8.68. The van der Waals surface area contributed by atoms with E-state index in [9.17, 15) is 13.2 Å². The fourth-order valence-electron chi connectivity index (χ4n) is 1.80. The maximum absolute atomic E-state index is 12.1. The van der Waals surface area contributed by atoms with Gasteiger partial charge in [-0.3, -0.25) is 10.2 Å². The monoisotopic (exact) mass is 350 g/mol. The number of hydrogen-bond donors (Lipinski definition) is 2. The molecule has 0 saturated heterocycles. The third-order valence-electron chi connectivity index (χ3n) is 2.91. The van der Waals surface area contributed by atoms with E-state index < -0.39 is 15.9 Å². The standard InChI is InChI=1S/C16H18N2O5S/c1-3-22-13-6-9-15(10-7-13)24(20,21)18-17-16(19)11-8-14-5-4-12(2)23-14/h4-11,18H,3H2,1-2H3,(H,17,19)/b11-8+. The zero-order chi connectivity index (χ0) is 17.6. The number of benzene rings is 1. The predicted octanol–water partition coefficient (Wildman–Crippen LogP) is 2.01. The molecule has 2 rings (SSSR count). The molecular formula is C16H18N2O5S. The Bertz CT molecular complexity index is 822. The molecule has 1 aromatic heterocycles. The lowest BCUT2D eigenvalue weighted by Gasteiger charge is -2.08. The third kappa shape index (κ3) is 4.97. The van der Waals surface area contributed by atoms with Crippen molar-refractivity contribution in [2.24, 2.45) is 0 Å². The molecule has 0 unspecified atom stereocenters. The van der Waals surface area contributed by atoms with E-state index in [1.807, 2.05) is 11.8 Å². The smallest absolute Gasteiger partial charge is 0.259 e. The van der Waals surface area contributed by atoms with Gasteiger partial charge in [-0.15, -0.1) is 4.83 Å². The summed E-state index contributed by atoms with van der Waals surface area (Å²) in [4.78, 5) is 13.7. The van der Waals surface area contributed by atoms with E-state index in [0.717, 1.165) is 0 Å². The first-order valence-electron chi connectivity index (χ1n) is 7.20. The van der Waals surface area contributed by atoms with Crippen molar-refractivity contribution in [3.05, 3.63) is 54.0 Å². The summed E-state index contributed by atoms with van der Waals surface area (Å²) in [5.74, 6) is 1.15. The lowest BCUT2D eigenvalue weighted by atomic mass is 10.3. The Labute approximate surface area is 140 Å². The first-order chi connectivity index (χ1) is 11.4. The summed E-state index contributed by atoms with van der Waals surface area (Å²) in [5, 5.41) is 0. The van der Waals surface area contributed by atoms with Gasteiger partial charge >= 0.3 is 0 Å². The van der Waals surface area contributed by atoms with Gasteiger partial charge in [-0.25, -0.2) is 8.42 Å². The van der Waals surface area contributed by atoms with Crippen molar-refractivity contribution in [3.63, 3.8) is 0 Å². The number of carbonyl (C=O) groups is 1. The number of ether oxygens (including phenoxy) is 1. The van der Waals surface area contributed by atoms with E-state index in [1.165, 1.54) is 24.3 Å². The fourth-order valence-corrected chi connectivity index (χ4v) is 2.65. The molecule has 0 aliphatic carbocycles. The summed E-state index contributed by atoms with van der Waals surface area (Å²) < 4.78 is 34.7. The van der Waals surface area contributed by atoms with Gasteiger partial charge in [0.15, 0.2) is 0 Å². The van der Waals surface area contributed by atoms with Crippen molar-refractivity contribution < 1.29 is 22.4 Å². The molecule has 0 radical (unpaired) electrons. The van der Waals surface area contributed by atoms with Gasteiger partial charge in [0.2, 0.25) is 0 Å². The van der Waals surface area contributed by atoms with Gasteiger partial charge in [-0.05, 0) is 56.3 Å². The summed E-state index contributed by atoms with van der Waals surface area (Å²) in [7, 11) is -3.86. The number of rotatable bonds is 7. The average Bonchev–Trinajstić information content (AvgIpc) is 2.97. The minimum Gasteiger partial charge on any atom is -0.494 e. The number of carbonyl (C=O) groups excluding carboxylic acids is 1. The second-order valence-corrected chi connectivity index (χ2v) is 6.46. The molecule has 0 spiro atoms. The van der Waals surface area contributed by atoms with Crippen molar-refractivity contribution >= 4 is 22.0 Å². The van der Waals surface area contributed by atoms with Crippen LogP contribution < -0.4 is 15.0 Å². The van der Waals surface area contributed by atoms with Gasteiger partial charge in [0.05, 0.1) is 11.5 Å². The van der Waals surface area contributed by atoms with Crippen LogP contribution in [-0.4, -0.2) is 20.9 Å². The highest BCUT2D eigenvalue weighted by Gasteiger charge is 2.14. The number of nitrogens with one attached hydrogen (secondary N) is 2. The molecule has 0 aliphatic heterocycles. The van der Waals surface area contributed by atoms with Crippen LogP contribution >= 0.6 is 0 Å². The van der Waals surface area contributed by atoms with E-state index >= 15 is 0 Å². The molecule has 24 heavy (non-hydrogen) atoms. The number of sulfonamides is 1. The van der Waals surface area contributed by atoms with Crippen LogP contribution in [0.15, 0.2) is 51.8 Å². The van der Waals surface area contributed by atoms with Crippen LogP contribution in [0.4, 0.5) is 0 Å². The summed E-state index contributed by atoms with van der Waals surface area (Å²) in [6.07, 6.45) is 2.60. The minimum absolute atomic E-state index is 0.0110. The molecule has 8 heteroatoms. The third-order valence-corrected chi connectivity index (χ3v) is 4.18. The van der Waals surface area contributed by atoms with Gasteiger partial charge < -0.3 is 9.15 Å². The van der Waals surface area contributed by atoms with E-state index in [2.05, 4.69) is 5.43 Å². The van der Waals surface area contributed by atoms with Gasteiger partial charge in [0.25, 0.3) is 15.9 Å². The van der Waals surface area contributed by atoms with E-state index in [4.69, 9.17) is 9.15 Å². The van der Waals surface area contributed by atoms with Crippen LogP contribution in [-0.2, 0) is 14.8 Å². The zero-order valence-electron chi connectivity index (χ0n) is 13.3. The number of hydrazine groups is 1. The summed E-state index contributed by atoms with van der Waals surface area (Å²) in [5.41, 5.74) is 2.10. The van der Waals surface area contributed by atoms with Crippen molar-refractivity contribution in [1.29, 1.82) is 0 Å². The van der Waals surface area contributed by atoms with E-state index in [0.29, 0.717) is 23.9 Å². The minimum atomic E-state index is -3.86. The number of hydrogen-bond acceptors (Lipinski definition) is 5. The average molecular weight is 350 g/mol. The van der Waals surface area contributed by atoms with E-state index in [1.54, 1.807) is 31.2 Å². The highest BCUT2D eigenvalue weighted by molar-refractivity contribution is 7.89. The molecule has 1 amide bonds. The number of amides is 1. The maximum atomic E-state index is 12.1. The van der Waals surface area contributed by atoms with Gasteiger partial charge in [-0.1, -0.05) is 0 Å². The van der Waals surface area contributed by atoms with Gasteiger partial charge in [0, 0.05) is 6.08 Å². The molecule has 7 nitrogen and oxygen atoms in total. The quantitative estimate of drug-likeness (QED) is 0.588. The van der Waals surface area contributed by atoms with Crippen LogP contribution in [0.2, 0.25) is 0 Å². The maximum Gasteiger partial charge on any atom is 0.259 e. The second-order valence-electron chi connectivity index (χ2n) is 4.78. The molecule has 1 aromatic carbocycles. The lowest BCUT2D eigenvalue weighted by molar-refractivity contribution is -0.116. The summed E-state index contributed by atoms with van der Waals surface area (Å²) in [6, 6.07) is 9.31. The largest absolute Gasteiger partial charge is 0.494 e. The topological polar surface area (TPSA) is 97.6 Å². The molecule has 2 N–H and O–H groups in total. The highest BCUT2D eigenvalue weighted by atomic mass is 32.2. The highest BCUT2D eigenvalue weighted by Crippen LogP contribution is 2.15. The number of aryl methyl sites for hydroxylation is 1. The fraction of sp³-hybridized carbons (Fsp3) is 0.188. The molecule has 0 bridgehead atoms. The Hall–Kier alpha value is -2.58. The van der Waals surface area contributed by atoms with Crippen LogP contribution in [0.1, 0.15) is 18.4 Å². The van der Waals surface area contributed by atoms with Crippen LogP contribution in [0.5, 0.6) is 5.75 Å². The Morgan fingerprint density at radius 2 is 1.92 bits per heavy atom. The molecule has 0 fully saturated rings. The van der Waals surface area contributed by atoms with Crippen molar-refractivity contribution in [2.75, 3.05) is 6.61 Å². The molecule has 1 heterocycles. The molecule has 0 aliphatic rings. The van der Waals surface area contributed by atoms with Crippen LogP contribution in [0.3, 0.4) is 0 Å². The Kier molecular flexibility index (Phi) is 5.78. The predicted molar refractivity (Wildman–Crippen MR) is 88.6 cm³/mol. The molecule has 0 atom stereocenters. The van der Waals surface area contributed by atoms with Crippen molar-refractivity contribution in [2.45, 2.75) is 18.7 Å². The SMILES string of the molecule is CCOc1ccc(S(=O)(=O)NNC(=O)/C=C/c2ccc(C)o2)cc1. The molecule has 2 aromatic rings. The van der Waals surface area contributed by atoms with Gasteiger partial charge in [0.1, 0.15) is 17.3 Å². The molecular weight excluding hydrogens is 332 g/mol. The normalized spacial score (nSPS) is 11.6. The zero-order valence-corrected chi connectivity index (χ0v) is 14.1. The molecule has 128 valence electrons. The summed E-state index contributed by atoms with van der Waals surface area (Å²) >= 11 is 0. The van der Waals surface area contributed by atoms with Crippen molar-refractivity contribution in [1.82, 2.24) is 10.3 Å².